The fourth-order valence-corrected chi connectivity index (χ4v) is 2.69. The summed E-state index contributed by atoms with van der Waals surface area (Å²) in [6.07, 6.45) is 8.39. The quantitative estimate of drug-likeness (QED) is 0.771. The SMILES string of the molecule is COC1CCC(NC2CC(OC)C2)CC1. The lowest BCUT2D eigenvalue weighted by molar-refractivity contribution is 0.00783. The largest absolute Gasteiger partial charge is 0.381 e. The molecule has 2 aliphatic carbocycles. The first-order valence-electron chi connectivity index (χ1n) is 6.13. The zero-order valence-corrected chi connectivity index (χ0v) is 9.87. The molecule has 2 fully saturated rings. The van der Waals surface area contributed by atoms with E-state index in [1.807, 2.05) is 14.2 Å². The lowest BCUT2D eigenvalue weighted by Crippen LogP contribution is -2.50. The standard InChI is InChI=1S/C12H23NO2/c1-14-11-5-3-9(4-6-11)13-10-7-12(8-10)15-2/h9-13H,3-8H2,1-2H3. The van der Waals surface area contributed by atoms with Gasteiger partial charge in [-0.25, -0.2) is 0 Å². The molecule has 3 heteroatoms. The summed E-state index contributed by atoms with van der Waals surface area (Å²) in [5.41, 5.74) is 0. The van der Waals surface area contributed by atoms with E-state index in [9.17, 15) is 0 Å². The van der Waals surface area contributed by atoms with Crippen molar-refractivity contribution in [3.63, 3.8) is 0 Å². The molecule has 0 heterocycles. The van der Waals surface area contributed by atoms with E-state index in [4.69, 9.17) is 9.47 Å². The van der Waals surface area contributed by atoms with Crippen LogP contribution in [0.1, 0.15) is 38.5 Å². The lowest BCUT2D eigenvalue weighted by atomic mass is 9.86. The number of ether oxygens (including phenoxy) is 2. The number of nitrogens with one attached hydrogen (secondary N) is 1. The van der Waals surface area contributed by atoms with Gasteiger partial charge in [0, 0.05) is 26.3 Å². The van der Waals surface area contributed by atoms with E-state index in [1.54, 1.807) is 0 Å². The molecule has 0 radical (unpaired) electrons. The summed E-state index contributed by atoms with van der Waals surface area (Å²) in [4.78, 5) is 0. The number of hydrogen-bond donors (Lipinski definition) is 1. The van der Waals surface area contributed by atoms with Gasteiger partial charge in [0.2, 0.25) is 0 Å². The summed E-state index contributed by atoms with van der Waals surface area (Å²) >= 11 is 0. The Balaban J connectivity index is 1.61. The molecule has 0 aromatic heterocycles. The molecule has 88 valence electrons. The minimum Gasteiger partial charge on any atom is -0.381 e. The van der Waals surface area contributed by atoms with Crippen molar-refractivity contribution in [2.45, 2.75) is 62.8 Å². The maximum atomic E-state index is 5.37. The highest BCUT2D eigenvalue weighted by Gasteiger charge is 2.31. The van der Waals surface area contributed by atoms with Gasteiger partial charge in [-0.2, -0.15) is 0 Å². The first kappa shape index (κ1) is 11.4. The minimum absolute atomic E-state index is 0.510. The molecule has 0 aromatic rings. The first-order valence-corrected chi connectivity index (χ1v) is 6.13. The van der Waals surface area contributed by atoms with Crippen molar-refractivity contribution in [1.29, 1.82) is 0 Å². The van der Waals surface area contributed by atoms with Gasteiger partial charge >= 0.3 is 0 Å². The molecular weight excluding hydrogens is 190 g/mol. The molecule has 1 N–H and O–H groups in total. The third-order valence-electron chi connectivity index (χ3n) is 3.91. The summed E-state index contributed by atoms with van der Waals surface area (Å²) in [6, 6.07) is 1.43. The van der Waals surface area contributed by atoms with Gasteiger partial charge in [-0.05, 0) is 38.5 Å². The number of rotatable bonds is 4. The normalized spacial score (nSPS) is 41.2. The Labute approximate surface area is 92.5 Å². The third kappa shape index (κ3) is 2.92. The zero-order chi connectivity index (χ0) is 10.7. The molecule has 0 bridgehead atoms. The molecule has 0 aromatic carbocycles. The van der Waals surface area contributed by atoms with Crippen molar-refractivity contribution in [3.8, 4) is 0 Å². The van der Waals surface area contributed by atoms with Crippen LogP contribution in [0.15, 0.2) is 0 Å². The Morgan fingerprint density at radius 1 is 0.800 bits per heavy atom. The van der Waals surface area contributed by atoms with Crippen LogP contribution >= 0.6 is 0 Å². The molecule has 0 atom stereocenters. The van der Waals surface area contributed by atoms with E-state index in [2.05, 4.69) is 5.32 Å². The zero-order valence-electron chi connectivity index (χ0n) is 9.87. The Kier molecular flexibility index (Phi) is 4.00. The molecule has 15 heavy (non-hydrogen) atoms. The smallest absolute Gasteiger partial charge is 0.0601 e. The van der Waals surface area contributed by atoms with Crippen LogP contribution < -0.4 is 5.32 Å². The van der Waals surface area contributed by atoms with Gasteiger partial charge < -0.3 is 14.8 Å². The van der Waals surface area contributed by atoms with Gasteiger partial charge in [-0.3, -0.25) is 0 Å². The van der Waals surface area contributed by atoms with Crippen LogP contribution in [0, 0.1) is 0 Å². The van der Waals surface area contributed by atoms with E-state index in [0.717, 1.165) is 6.04 Å². The van der Waals surface area contributed by atoms with Crippen LogP contribution in [0.5, 0.6) is 0 Å². The molecule has 0 saturated heterocycles. The highest BCUT2D eigenvalue weighted by Crippen LogP contribution is 2.26. The maximum Gasteiger partial charge on any atom is 0.0601 e. The summed E-state index contributed by atoms with van der Waals surface area (Å²) in [6.45, 7) is 0. The monoisotopic (exact) mass is 213 g/mol. The Morgan fingerprint density at radius 2 is 1.40 bits per heavy atom. The van der Waals surface area contributed by atoms with Gasteiger partial charge in [-0.15, -0.1) is 0 Å². The summed E-state index contributed by atoms with van der Waals surface area (Å²) in [7, 11) is 3.64. The van der Waals surface area contributed by atoms with Crippen molar-refractivity contribution in [1.82, 2.24) is 5.32 Å². The number of hydrogen-bond acceptors (Lipinski definition) is 3. The predicted octanol–water partition coefficient (Wildman–Crippen LogP) is 1.71. The Hall–Kier alpha value is -0.120. The van der Waals surface area contributed by atoms with Crippen LogP contribution in [0.3, 0.4) is 0 Å². The molecule has 0 aliphatic heterocycles. The van der Waals surface area contributed by atoms with Crippen molar-refractivity contribution in [2.75, 3.05) is 14.2 Å². The third-order valence-corrected chi connectivity index (χ3v) is 3.91. The minimum atomic E-state index is 0.510. The van der Waals surface area contributed by atoms with E-state index < -0.39 is 0 Å². The molecule has 0 spiro atoms. The summed E-state index contributed by atoms with van der Waals surface area (Å²) in [5.74, 6) is 0. The van der Waals surface area contributed by atoms with Crippen LogP contribution in [-0.2, 0) is 9.47 Å². The van der Waals surface area contributed by atoms with Gasteiger partial charge in [0.05, 0.1) is 12.2 Å². The van der Waals surface area contributed by atoms with E-state index in [0.29, 0.717) is 18.2 Å². The second-order valence-corrected chi connectivity index (χ2v) is 4.90. The second kappa shape index (κ2) is 5.28. The lowest BCUT2D eigenvalue weighted by Gasteiger charge is -2.39. The topological polar surface area (TPSA) is 30.5 Å². The average Bonchev–Trinajstić information content (AvgIpc) is 2.23. The molecule has 2 aliphatic rings. The summed E-state index contributed by atoms with van der Waals surface area (Å²) in [5, 5.41) is 3.73. The van der Waals surface area contributed by atoms with Crippen LogP contribution in [0.4, 0.5) is 0 Å². The predicted molar refractivity (Wildman–Crippen MR) is 60.0 cm³/mol. The van der Waals surface area contributed by atoms with Crippen molar-refractivity contribution >= 4 is 0 Å². The van der Waals surface area contributed by atoms with Crippen molar-refractivity contribution in [2.24, 2.45) is 0 Å². The van der Waals surface area contributed by atoms with Crippen molar-refractivity contribution in [3.05, 3.63) is 0 Å². The second-order valence-electron chi connectivity index (χ2n) is 4.90. The number of methoxy groups -OCH3 is 2. The fourth-order valence-electron chi connectivity index (χ4n) is 2.69. The molecule has 2 saturated carbocycles. The average molecular weight is 213 g/mol. The van der Waals surface area contributed by atoms with Crippen LogP contribution in [-0.4, -0.2) is 38.5 Å². The van der Waals surface area contributed by atoms with E-state index >= 15 is 0 Å². The van der Waals surface area contributed by atoms with Crippen molar-refractivity contribution < 1.29 is 9.47 Å². The molecule has 3 nitrogen and oxygen atoms in total. The van der Waals surface area contributed by atoms with Crippen LogP contribution in [0.2, 0.25) is 0 Å². The highest BCUT2D eigenvalue weighted by molar-refractivity contribution is 4.89. The highest BCUT2D eigenvalue weighted by atomic mass is 16.5. The summed E-state index contributed by atoms with van der Waals surface area (Å²) < 4.78 is 10.7. The first-order chi connectivity index (χ1) is 7.31. The van der Waals surface area contributed by atoms with E-state index in [1.165, 1.54) is 38.5 Å². The van der Waals surface area contributed by atoms with E-state index in [-0.39, 0.29) is 0 Å². The van der Waals surface area contributed by atoms with Crippen LogP contribution in [0.25, 0.3) is 0 Å². The Morgan fingerprint density at radius 3 is 1.93 bits per heavy atom. The van der Waals surface area contributed by atoms with Gasteiger partial charge in [0.1, 0.15) is 0 Å². The Bertz CT molecular complexity index is 184. The maximum absolute atomic E-state index is 5.37. The van der Waals surface area contributed by atoms with Gasteiger partial charge in [-0.1, -0.05) is 0 Å². The molecule has 0 unspecified atom stereocenters. The molecule has 2 rings (SSSR count). The fraction of sp³-hybridized carbons (Fsp3) is 1.00. The molecular formula is C12H23NO2. The molecule has 0 amide bonds. The van der Waals surface area contributed by atoms with Gasteiger partial charge in [0.25, 0.3) is 0 Å². The van der Waals surface area contributed by atoms with Gasteiger partial charge in [0.15, 0.2) is 0 Å².